The molecule has 1 fully saturated rings. The lowest BCUT2D eigenvalue weighted by Crippen LogP contribution is -2.54. The lowest BCUT2D eigenvalue weighted by atomic mass is 10.1. The number of aliphatic imine (C=N–C) groups is 1. The normalized spacial score (nSPS) is 28.5. The van der Waals surface area contributed by atoms with Gasteiger partial charge in [0.2, 0.25) is 0 Å². The molecular formula is C9H15N3. The van der Waals surface area contributed by atoms with E-state index in [2.05, 4.69) is 21.8 Å². The molecule has 1 N–H and O–H groups in total. The second-order valence-corrected chi connectivity index (χ2v) is 3.27. The summed E-state index contributed by atoms with van der Waals surface area (Å²) < 4.78 is 0. The van der Waals surface area contributed by atoms with Crippen LogP contribution in [0.5, 0.6) is 0 Å². The molecule has 0 spiro atoms. The number of fused-ring (bicyclic) bond motifs is 1. The molecule has 12 heavy (non-hydrogen) atoms. The van der Waals surface area contributed by atoms with Crippen molar-refractivity contribution in [3.8, 4) is 0 Å². The Kier molecular flexibility index (Phi) is 2.02. The molecule has 66 valence electrons. The van der Waals surface area contributed by atoms with Gasteiger partial charge in [-0.05, 0) is 12.8 Å². The van der Waals surface area contributed by atoms with Crippen LogP contribution >= 0.6 is 0 Å². The van der Waals surface area contributed by atoms with Gasteiger partial charge in [0.15, 0.2) is 5.96 Å². The number of hydrogen-bond acceptors (Lipinski definition) is 3. The summed E-state index contributed by atoms with van der Waals surface area (Å²) in [7, 11) is 0. The summed E-state index contributed by atoms with van der Waals surface area (Å²) in [6.45, 7) is 6.99. The summed E-state index contributed by atoms with van der Waals surface area (Å²) in [5.41, 5.74) is 0. The topological polar surface area (TPSA) is 27.6 Å². The first-order valence-corrected chi connectivity index (χ1v) is 4.59. The van der Waals surface area contributed by atoms with Crippen molar-refractivity contribution >= 4 is 5.96 Å². The van der Waals surface area contributed by atoms with Gasteiger partial charge >= 0.3 is 0 Å². The standard InChI is InChI=1S/C9H15N3/c1-2-8-4-6-11-9-10-5-3-7-12(8)9/h2,8H,1,3-7H2,(H,10,11). The lowest BCUT2D eigenvalue weighted by molar-refractivity contribution is 0.290. The molecule has 2 aliphatic rings. The Morgan fingerprint density at radius 1 is 1.67 bits per heavy atom. The third-order valence-corrected chi connectivity index (χ3v) is 2.49. The fourth-order valence-electron chi connectivity index (χ4n) is 1.84. The molecule has 0 bridgehead atoms. The van der Waals surface area contributed by atoms with Crippen LogP contribution in [-0.4, -0.2) is 36.5 Å². The van der Waals surface area contributed by atoms with Gasteiger partial charge in [-0.2, -0.15) is 0 Å². The summed E-state index contributed by atoms with van der Waals surface area (Å²) in [6.07, 6.45) is 4.36. The number of rotatable bonds is 1. The van der Waals surface area contributed by atoms with E-state index in [-0.39, 0.29) is 0 Å². The Balaban J connectivity index is 2.15. The highest BCUT2D eigenvalue weighted by atomic mass is 15.3. The molecule has 3 heteroatoms. The SMILES string of the molecule is C=CC1CCNC2=NCCCN21. The highest BCUT2D eigenvalue weighted by molar-refractivity contribution is 5.81. The minimum Gasteiger partial charge on any atom is -0.356 e. The summed E-state index contributed by atoms with van der Waals surface area (Å²) in [6, 6.07) is 0.505. The molecule has 2 aliphatic heterocycles. The molecule has 0 saturated carbocycles. The number of nitrogens with one attached hydrogen (secondary N) is 1. The van der Waals surface area contributed by atoms with E-state index in [1.165, 1.54) is 6.42 Å². The van der Waals surface area contributed by atoms with Crippen LogP contribution in [-0.2, 0) is 0 Å². The lowest BCUT2D eigenvalue weighted by Gasteiger charge is -2.39. The van der Waals surface area contributed by atoms with Gasteiger partial charge in [0.05, 0.1) is 6.04 Å². The Hall–Kier alpha value is -0.990. The Morgan fingerprint density at radius 2 is 2.58 bits per heavy atom. The van der Waals surface area contributed by atoms with Crippen molar-refractivity contribution in [3.05, 3.63) is 12.7 Å². The van der Waals surface area contributed by atoms with E-state index < -0.39 is 0 Å². The molecule has 0 amide bonds. The first-order chi connectivity index (χ1) is 5.92. The molecule has 0 aromatic rings. The van der Waals surface area contributed by atoms with Crippen molar-refractivity contribution in [1.29, 1.82) is 0 Å². The molecule has 2 heterocycles. The van der Waals surface area contributed by atoms with Crippen LogP contribution in [0.1, 0.15) is 12.8 Å². The van der Waals surface area contributed by atoms with Crippen LogP contribution in [0.25, 0.3) is 0 Å². The Morgan fingerprint density at radius 3 is 3.42 bits per heavy atom. The van der Waals surface area contributed by atoms with Crippen LogP contribution in [0, 0.1) is 0 Å². The van der Waals surface area contributed by atoms with Crippen LogP contribution in [0.15, 0.2) is 17.6 Å². The predicted molar refractivity (Wildman–Crippen MR) is 50.2 cm³/mol. The van der Waals surface area contributed by atoms with Gasteiger partial charge < -0.3 is 10.2 Å². The maximum Gasteiger partial charge on any atom is 0.194 e. The molecule has 0 radical (unpaired) electrons. The molecular weight excluding hydrogens is 150 g/mol. The van der Waals surface area contributed by atoms with Crippen LogP contribution in [0.4, 0.5) is 0 Å². The van der Waals surface area contributed by atoms with Crippen molar-refractivity contribution in [3.63, 3.8) is 0 Å². The zero-order chi connectivity index (χ0) is 8.39. The van der Waals surface area contributed by atoms with E-state index in [9.17, 15) is 0 Å². The van der Waals surface area contributed by atoms with Crippen molar-refractivity contribution in [2.75, 3.05) is 19.6 Å². The van der Waals surface area contributed by atoms with Crippen molar-refractivity contribution < 1.29 is 0 Å². The molecule has 3 nitrogen and oxygen atoms in total. The van der Waals surface area contributed by atoms with Crippen molar-refractivity contribution in [2.24, 2.45) is 4.99 Å². The van der Waals surface area contributed by atoms with Crippen molar-refractivity contribution in [2.45, 2.75) is 18.9 Å². The van der Waals surface area contributed by atoms with E-state index in [1.54, 1.807) is 0 Å². The monoisotopic (exact) mass is 165 g/mol. The van der Waals surface area contributed by atoms with Gasteiger partial charge in [-0.25, -0.2) is 0 Å². The van der Waals surface area contributed by atoms with Crippen LogP contribution in [0.2, 0.25) is 0 Å². The summed E-state index contributed by atoms with van der Waals surface area (Å²) in [4.78, 5) is 6.75. The maximum atomic E-state index is 4.43. The van der Waals surface area contributed by atoms with Gasteiger partial charge in [0, 0.05) is 19.6 Å². The first-order valence-electron chi connectivity index (χ1n) is 4.59. The zero-order valence-electron chi connectivity index (χ0n) is 7.29. The second kappa shape index (κ2) is 3.17. The number of guanidine groups is 1. The Labute approximate surface area is 73.2 Å². The fourth-order valence-corrected chi connectivity index (χ4v) is 1.84. The molecule has 1 saturated heterocycles. The summed E-state index contributed by atoms with van der Waals surface area (Å²) in [5.74, 6) is 1.08. The second-order valence-electron chi connectivity index (χ2n) is 3.27. The number of hydrogen-bond donors (Lipinski definition) is 1. The summed E-state index contributed by atoms with van der Waals surface area (Å²) in [5, 5.41) is 3.31. The molecule has 0 aliphatic carbocycles. The van der Waals surface area contributed by atoms with Crippen molar-refractivity contribution in [1.82, 2.24) is 10.2 Å². The van der Waals surface area contributed by atoms with Crippen LogP contribution < -0.4 is 5.32 Å². The van der Waals surface area contributed by atoms with Crippen LogP contribution in [0.3, 0.4) is 0 Å². The summed E-state index contributed by atoms with van der Waals surface area (Å²) >= 11 is 0. The van der Waals surface area contributed by atoms with Gasteiger partial charge in [-0.1, -0.05) is 6.08 Å². The average Bonchev–Trinajstić information content (AvgIpc) is 2.17. The number of nitrogens with zero attached hydrogens (tertiary/aromatic N) is 2. The molecule has 0 aromatic heterocycles. The van der Waals surface area contributed by atoms with E-state index in [0.717, 1.165) is 32.0 Å². The van der Waals surface area contributed by atoms with Gasteiger partial charge in [0.1, 0.15) is 0 Å². The van der Waals surface area contributed by atoms with E-state index >= 15 is 0 Å². The third-order valence-electron chi connectivity index (χ3n) is 2.49. The largest absolute Gasteiger partial charge is 0.356 e. The molecule has 0 aromatic carbocycles. The predicted octanol–water partition coefficient (Wildman–Crippen LogP) is 0.596. The van der Waals surface area contributed by atoms with E-state index in [1.807, 2.05) is 6.08 Å². The smallest absolute Gasteiger partial charge is 0.194 e. The molecule has 1 unspecified atom stereocenters. The quantitative estimate of drug-likeness (QED) is 0.576. The van der Waals surface area contributed by atoms with Gasteiger partial charge in [-0.15, -0.1) is 6.58 Å². The molecule has 2 rings (SSSR count). The highest BCUT2D eigenvalue weighted by Gasteiger charge is 2.25. The maximum absolute atomic E-state index is 4.43. The van der Waals surface area contributed by atoms with E-state index in [4.69, 9.17) is 0 Å². The third kappa shape index (κ3) is 1.19. The molecule has 1 atom stereocenters. The van der Waals surface area contributed by atoms with Gasteiger partial charge in [0.25, 0.3) is 0 Å². The van der Waals surface area contributed by atoms with Gasteiger partial charge in [-0.3, -0.25) is 4.99 Å². The zero-order valence-corrected chi connectivity index (χ0v) is 7.29. The average molecular weight is 165 g/mol. The fraction of sp³-hybridized carbons (Fsp3) is 0.667. The highest BCUT2D eigenvalue weighted by Crippen LogP contribution is 2.14. The Bertz CT molecular complexity index is 210. The first kappa shape index (κ1) is 7.65. The minimum atomic E-state index is 0.505. The minimum absolute atomic E-state index is 0.505. The van der Waals surface area contributed by atoms with E-state index in [0.29, 0.717) is 6.04 Å².